The van der Waals surface area contributed by atoms with E-state index in [1.165, 1.54) is 4.57 Å². The zero-order valence-electron chi connectivity index (χ0n) is 13.3. The molecule has 3 rings (SSSR count). The molecule has 24 heavy (non-hydrogen) atoms. The van der Waals surface area contributed by atoms with Gasteiger partial charge in [0.2, 0.25) is 5.91 Å². The number of rotatable bonds is 6. The first-order valence-electron chi connectivity index (χ1n) is 7.78. The van der Waals surface area contributed by atoms with E-state index in [1.807, 2.05) is 13.0 Å². The summed E-state index contributed by atoms with van der Waals surface area (Å²) in [5.74, 6) is 0.133. The van der Waals surface area contributed by atoms with Crippen LogP contribution in [-0.4, -0.2) is 17.1 Å². The number of benzene rings is 2. The van der Waals surface area contributed by atoms with Crippen molar-refractivity contribution in [1.82, 2.24) is 4.57 Å². The summed E-state index contributed by atoms with van der Waals surface area (Å²) in [6.45, 7) is 2.77. The van der Waals surface area contributed by atoms with Gasteiger partial charge in [0.1, 0.15) is 5.75 Å². The quantitative estimate of drug-likeness (QED) is 0.755. The molecule has 0 radical (unpaired) electrons. The second kappa shape index (κ2) is 7.04. The molecular weight excluding hydrogens is 308 g/mol. The van der Waals surface area contributed by atoms with Crippen molar-refractivity contribution in [3.63, 3.8) is 0 Å². The predicted octanol–water partition coefficient (Wildman–Crippen LogP) is 3.02. The Balaban J connectivity index is 1.62. The summed E-state index contributed by atoms with van der Waals surface area (Å²) < 4.78 is 12.0. The van der Waals surface area contributed by atoms with Gasteiger partial charge < -0.3 is 14.5 Å². The lowest BCUT2D eigenvalue weighted by Gasteiger charge is -2.07. The minimum Gasteiger partial charge on any atom is -0.494 e. The van der Waals surface area contributed by atoms with Crippen molar-refractivity contribution in [2.45, 2.75) is 19.9 Å². The normalized spacial score (nSPS) is 10.7. The van der Waals surface area contributed by atoms with Crippen LogP contribution in [0.5, 0.6) is 5.75 Å². The number of para-hydroxylation sites is 2. The van der Waals surface area contributed by atoms with Gasteiger partial charge in [-0.15, -0.1) is 0 Å². The smallest absolute Gasteiger partial charge is 0.419 e. The van der Waals surface area contributed by atoms with Gasteiger partial charge in [-0.3, -0.25) is 9.36 Å². The van der Waals surface area contributed by atoms with Gasteiger partial charge in [-0.1, -0.05) is 12.1 Å². The second-order valence-corrected chi connectivity index (χ2v) is 5.24. The van der Waals surface area contributed by atoms with Crippen molar-refractivity contribution < 1.29 is 13.9 Å². The third-order valence-electron chi connectivity index (χ3n) is 3.59. The second-order valence-electron chi connectivity index (χ2n) is 5.24. The molecule has 0 unspecified atom stereocenters. The molecule has 1 aromatic heterocycles. The molecule has 0 saturated heterocycles. The van der Waals surface area contributed by atoms with Crippen molar-refractivity contribution >= 4 is 22.7 Å². The van der Waals surface area contributed by atoms with E-state index in [4.69, 9.17) is 9.15 Å². The lowest BCUT2D eigenvalue weighted by molar-refractivity contribution is -0.116. The molecule has 0 aliphatic heterocycles. The largest absolute Gasteiger partial charge is 0.494 e. The molecular formula is C18H18N2O4. The van der Waals surface area contributed by atoms with E-state index in [-0.39, 0.29) is 18.9 Å². The molecule has 124 valence electrons. The van der Waals surface area contributed by atoms with Gasteiger partial charge in [-0.05, 0) is 43.3 Å². The molecule has 6 heteroatoms. The Hall–Kier alpha value is -3.02. The summed E-state index contributed by atoms with van der Waals surface area (Å²) in [6, 6.07) is 14.3. The molecule has 2 aromatic carbocycles. The van der Waals surface area contributed by atoms with E-state index in [0.717, 1.165) is 5.75 Å². The number of nitrogens with one attached hydrogen (secondary N) is 1. The van der Waals surface area contributed by atoms with Crippen LogP contribution >= 0.6 is 0 Å². The first-order valence-corrected chi connectivity index (χ1v) is 7.78. The Labute approximate surface area is 138 Å². The number of nitrogens with zero attached hydrogens (tertiary/aromatic N) is 1. The zero-order chi connectivity index (χ0) is 16.9. The maximum absolute atomic E-state index is 12.1. The predicted molar refractivity (Wildman–Crippen MR) is 91.3 cm³/mol. The number of carbonyl (C=O) groups is 1. The topological polar surface area (TPSA) is 73.5 Å². The number of hydrogen-bond acceptors (Lipinski definition) is 4. The van der Waals surface area contributed by atoms with Crippen molar-refractivity contribution in [1.29, 1.82) is 0 Å². The number of fused-ring (bicyclic) bond motifs is 1. The van der Waals surface area contributed by atoms with Gasteiger partial charge in [0.15, 0.2) is 5.58 Å². The van der Waals surface area contributed by atoms with Gasteiger partial charge in [0.25, 0.3) is 0 Å². The van der Waals surface area contributed by atoms with E-state index < -0.39 is 5.76 Å². The van der Waals surface area contributed by atoms with E-state index in [0.29, 0.717) is 23.4 Å². The Morgan fingerprint density at radius 3 is 2.67 bits per heavy atom. The van der Waals surface area contributed by atoms with Crippen LogP contribution in [0.3, 0.4) is 0 Å². The highest BCUT2D eigenvalue weighted by molar-refractivity contribution is 5.90. The SMILES string of the molecule is CCOc1ccc(NC(=O)CCn2c(=O)oc3ccccc32)cc1. The van der Waals surface area contributed by atoms with Crippen LogP contribution in [0.1, 0.15) is 13.3 Å². The number of carbonyl (C=O) groups excluding carboxylic acids is 1. The van der Waals surface area contributed by atoms with Crippen molar-refractivity contribution in [2.75, 3.05) is 11.9 Å². The number of hydrogen-bond donors (Lipinski definition) is 1. The van der Waals surface area contributed by atoms with Crippen molar-refractivity contribution in [3.8, 4) is 5.75 Å². The van der Waals surface area contributed by atoms with Crippen molar-refractivity contribution in [3.05, 3.63) is 59.1 Å². The van der Waals surface area contributed by atoms with Gasteiger partial charge in [-0.2, -0.15) is 0 Å². The molecule has 0 fully saturated rings. The fourth-order valence-corrected chi connectivity index (χ4v) is 2.46. The van der Waals surface area contributed by atoms with Gasteiger partial charge in [-0.25, -0.2) is 4.79 Å². The minimum absolute atomic E-state index is 0.170. The summed E-state index contributed by atoms with van der Waals surface area (Å²) in [7, 11) is 0. The van der Waals surface area contributed by atoms with Crippen LogP contribution in [0.25, 0.3) is 11.1 Å². The lowest BCUT2D eigenvalue weighted by Crippen LogP contribution is -2.19. The van der Waals surface area contributed by atoms with Crippen molar-refractivity contribution in [2.24, 2.45) is 0 Å². The fraction of sp³-hybridized carbons (Fsp3) is 0.222. The van der Waals surface area contributed by atoms with Gasteiger partial charge in [0, 0.05) is 18.7 Å². The molecule has 3 aromatic rings. The van der Waals surface area contributed by atoms with E-state index in [2.05, 4.69) is 5.32 Å². The molecule has 1 N–H and O–H groups in total. The molecule has 1 heterocycles. The molecule has 0 atom stereocenters. The average Bonchev–Trinajstić information content (AvgIpc) is 2.90. The third kappa shape index (κ3) is 3.48. The molecule has 0 spiro atoms. The lowest BCUT2D eigenvalue weighted by atomic mass is 10.3. The Morgan fingerprint density at radius 2 is 1.92 bits per heavy atom. The minimum atomic E-state index is -0.454. The molecule has 1 amide bonds. The summed E-state index contributed by atoms with van der Waals surface area (Å²) >= 11 is 0. The Bertz CT molecular complexity index is 893. The number of oxazole rings is 1. The van der Waals surface area contributed by atoms with Crippen LogP contribution in [-0.2, 0) is 11.3 Å². The summed E-state index contributed by atoms with van der Waals surface area (Å²) in [6.07, 6.45) is 0.177. The number of aromatic nitrogens is 1. The summed E-state index contributed by atoms with van der Waals surface area (Å²) in [5.41, 5.74) is 1.90. The molecule has 0 aliphatic carbocycles. The van der Waals surface area contributed by atoms with Gasteiger partial charge in [0.05, 0.1) is 12.1 Å². The first kappa shape index (κ1) is 15.9. The van der Waals surface area contributed by atoms with E-state index in [1.54, 1.807) is 42.5 Å². The number of amides is 1. The average molecular weight is 326 g/mol. The highest BCUT2D eigenvalue weighted by atomic mass is 16.5. The van der Waals surface area contributed by atoms with Crippen LogP contribution in [0.2, 0.25) is 0 Å². The monoisotopic (exact) mass is 326 g/mol. The fourth-order valence-electron chi connectivity index (χ4n) is 2.46. The summed E-state index contributed by atoms with van der Waals surface area (Å²) in [4.78, 5) is 23.9. The molecule has 0 bridgehead atoms. The van der Waals surface area contributed by atoms with Crippen LogP contribution in [0.15, 0.2) is 57.7 Å². The highest BCUT2D eigenvalue weighted by Gasteiger charge is 2.10. The summed E-state index contributed by atoms with van der Waals surface area (Å²) in [5, 5.41) is 2.80. The van der Waals surface area contributed by atoms with Gasteiger partial charge >= 0.3 is 5.76 Å². The molecule has 0 saturated carbocycles. The number of anilines is 1. The standard InChI is InChI=1S/C18H18N2O4/c1-2-23-14-9-7-13(8-10-14)19-17(21)11-12-20-15-5-3-4-6-16(15)24-18(20)22/h3-10H,2,11-12H2,1H3,(H,19,21). The maximum Gasteiger partial charge on any atom is 0.419 e. The first-order chi connectivity index (χ1) is 11.7. The highest BCUT2D eigenvalue weighted by Crippen LogP contribution is 2.16. The third-order valence-corrected chi connectivity index (χ3v) is 3.59. The van der Waals surface area contributed by atoms with Crippen LogP contribution in [0.4, 0.5) is 5.69 Å². The van der Waals surface area contributed by atoms with Crippen LogP contribution in [0, 0.1) is 0 Å². The zero-order valence-corrected chi connectivity index (χ0v) is 13.3. The number of ether oxygens (including phenoxy) is 1. The van der Waals surface area contributed by atoms with E-state index in [9.17, 15) is 9.59 Å². The number of aryl methyl sites for hydroxylation is 1. The maximum atomic E-state index is 12.1. The molecule has 6 nitrogen and oxygen atoms in total. The van der Waals surface area contributed by atoms with Crippen LogP contribution < -0.4 is 15.8 Å². The molecule has 0 aliphatic rings. The Kier molecular flexibility index (Phi) is 4.65. The van der Waals surface area contributed by atoms with E-state index >= 15 is 0 Å². The Morgan fingerprint density at radius 1 is 1.17 bits per heavy atom.